The van der Waals surface area contributed by atoms with E-state index in [1.807, 2.05) is 25.1 Å². The second-order valence-electron chi connectivity index (χ2n) is 4.72. The van der Waals surface area contributed by atoms with Crippen LogP contribution in [-0.2, 0) is 6.61 Å². The fourth-order valence-electron chi connectivity index (χ4n) is 1.93. The SMILES string of the molecule is Cc1ccc([C@H](C)O)c(OCc2cccc(Cl)c2F)c1. The molecule has 0 amide bonds. The van der Waals surface area contributed by atoms with E-state index in [-0.39, 0.29) is 11.6 Å². The smallest absolute Gasteiger partial charge is 0.148 e. The summed E-state index contributed by atoms with van der Waals surface area (Å²) in [6.45, 7) is 3.66. The Morgan fingerprint density at radius 1 is 1.30 bits per heavy atom. The van der Waals surface area contributed by atoms with Crippen molar-refractivity contribution >= 4 is 11.6 Å². The van der Waals surface area contributed by atoms with Crippen LogP contribution in [-0.4, -0.2) is 5.11 Å². The highest BCUT2D eigenvalue weighted by atomic mass is 35.5. The van der Waals surface area contributed by atoms with Gasteiger partial charge in [0.15, 0.2) is 0 Å². The average molecular weight is 295 g/mol. The molecule has 106 valence electrons. The third kappa shape index (κ3) is 3.30. The van der Waals surface area contributed by atoms with E-state index in [2.05, 4.69) is 0 Å². The van der Waals surface area contributed by atoms with Crippen molar-refractivity contribution in [2.24, 2.45) is 0 Å². The molecule has 0 aliphatic heterocycles. The molecule has 0 aliphatic rings. The molecular formula is C16H16ClFO2. The van der Waals surface area contributed by atoms with Crippen LogP contribution in [0.3, 0.4) is 0 Å². The number of rotatable bonds is 4. The monoisotopic (exact) mass is 294 g/mol. The van der Waals surface area contributed by atoms with E-state index in [0.29, 0.717) is 16.9 Å². The van der Waals surface area contributed by atoms with E-state index in [1.165, 1.54) is 6.07 Å². The lowest BCUT2D eigenvalue weighted by atomic mass is 10.1. The van der Waals surface area contributed by atoms with Gasteiger partial charge in [0.25, 0.3) is 0 Å². The van der Waals surface area contributed by atoms with Crippen molar-refractivity contribution in [2.45, 2.75) is 26.6 Å². The molecule has 4 heteroatoms. The zero-order chi connectivity index (χ0) is 14.7. The molecule has 0 spiro atoms. The topological polar surface area (TPSA) is 29.5 Å². The first-order valence-corrected chi connectivity index (χ1v) is 6.71. The molecule has 0 unspecified atom stereocenters. The molecule has 2 rings (SSSR count). The maximum atomic E-state index is 13.8. The number of aryl methyl sites for hydroxylation is 1. The Morgan fingerprint density at radius 2 is 2.05 bits per heavy atom. The summed E-state index contributed by atoms with van der Waals surface area (Å²) in [5, 5.41) is 9.79. The minimum absolute atomic E-state index is 0.0650. The summed E-state index contributed by atoms with van der Waals surface area (Å²) in [6.07, 6.45) is -0.644. The first kappa shape index (κ1) is 14.8. The second-order valence-corrected chi connectivity index (χ2v) is 5.13. The van der Waals surface area contributed by atoms with Crippen molar-refractivity contribution in [2.75, 3.05) is 0 Å². The summed E-state index contributed by atoms with van der Waals surface area (Å²) in [7, 11) is 0. The van der Waals surface area contributed by atoms with Gasteiger partial charge in [0.2, 0.25) is 0 Å². The number of hydrogen-bond donors (Lipinski definition) is 1. The molecule has 0 aromatic heterocycles. The fraction of sp³-hybridized carbons (Fsp3) is 0.250. The minimum Gasteiger partial charge on any atom is -0.488 e. The molecule has 2 aromatic carbocycles. The van der Waals surface area contributed by atoms with Crippen LogP contribution < -0.4 is 4.74 Å². The van der Waals surface area contributed by atoms with Gasteiger partial charge in [-0.2, -0.15) is 0 Å². The number of aliphatic hydroxyl groups excluding tert-OH is 1. The van der Waals surface area contributed by atoms with Gasteiger partial charge in [0, 0.05) is 11.1 Å². The third-order valence-corrected chi connectivity index (χ3v) is 3.33. The lowest BCUT2D eigenvalue weighted by Crippen LogP contribution is -2.03. The van der Waals surface area contributed by atoms with E-state index in [9.17, 15) is 9.50 Å². The van der Waals surface area contributed by atoms with Crippen LogP contribution in [0, 0.1) is 12.7 Å². The Kier molecular flexibility index (Phi) is 4.63. The van der Waals surface area contributed by atoms with Gasteiger partial charge in [-0.1, -0.05) is 35.9 Å². The van der Waals surface area contributed by atoms with Crippen LogP contribution in [0.25, 0.3) is 0 Å². The molecule has 0 saturated carbocycles. The van der Waals surface area contributed by atoms with E-state index in [1.54, 1.807) is 19.1 Å². The van der Waals surface area contributed by atoms with E-state index in [4.69, 9.17) is 16.3 Å². The molecule has 0 aliphatic carbocycles. The molecular weight excluding hydrogens is 279 g/mol. The zero-order valence-corrected chi connectivity index (χ0v) is 12.1. The van der Waals surface area contributed by atoms with Crippen molar-refractivity contribution in [3.8, 4) is 5.75 Å². The Hall–Kier alpha value is -1.58. The highest BCUT2D eigenvalue weighted by molar-refractivity contribution is 6.30. The van der Waals surface area contributed by atoms with Gasteiger partial charge in [-0.15, -0.1) is 0 Å². The maximum absolute atomic E-state index is 13.8. The van der Waals surface area contributed by atoms with Crippen LogP contribution in [0.4, 0.5) is 4.39 Å². The van der Waals surface area contributed by atoms with E-state index < -0.39 is 11.9 Å². The summed E-state index contributed by atoms with van der Waals surface area (Å²) in [4.78, 5) is 0. The second kappa shape index (κ2) is 6.25. The van der Waals surface area contributed by atoms with Crippen molar-refractivity contribution in [1.82, 2.24) is 0 Å². The molecule has 2 aromatic rings. The first-order chi connectivity index (χ1) is 9.49. The van der Waals surface area contributed by atoms with Gasteiger partial charge >= 0.3 is 0 Å². The molecule has 1 atom stereocenters. The van der Waals surface area contributed by atoms with Gasteiger partial charge in [-0.05, 0) is 31.5 Å². The molecule has 0 bridgehead atoms. The predicted octanol–water partition coefficient (Wildman–Crippen LogP) is 4.42. The van der Waals surface area contributed by atoms with Gasteiger partial charge in [-0.3, -0.25) is 0 Å². The summed E-state index contributed by atoms with van der Waals surface area (Å²) in [5.74, 6) is 0.0831. The number of halogens is 2. The van der Waals surface area contributed by atoms with Crippen LogP contribution in [0.5, 0.6) is 5.75 Å². The molecule has 20 heavy (non-hydrogen) atoms. The Balaban J connectivity index is 2.22. The molecule has 0 radical (unpaired) electrons. The Bertz CT molecular complexity index is 611. The van der Waals surface area contributed by atoms with Crippen LogP contribution in [0.1, 0.15) is 29.7 Å². The molecule has 0 heterocycles. The van der Waals surface area contributed by atoms with Crippen LogP contribution in [0.15, 0.2) is 36.4 Å². The lowest BCUT2D eigenvalue weighted by Gasteiger charge is -2.14. The molecule has 2 nitrogen and oxygen atoms in total. The van der Waals surface area contributed by atoms with Gasteiger partial charge < -0.3 is 9.84 Å². The van der Waals surface area contributed by atoms with Crippen molar-refractivity contribution in [1.29, 1.82) is 0 Å². The predicted molar refractivity (Wildman–Crippen MR) is 77.6 cm³/mol. The van der Waals surface area contributed by atoms with E-state index >= 15 is 0 Å². The van der Waals surface area contributed by atoms with Crippen LogP contribution >= 0.6 is 11.6 Å². The highest BCUT2D eigenvalue weighted by Crippen LogP contribution is 2.28. The standard InChI is InChI=1S/C16H16ClFO2/c1-10-6-7-13(11(2)19)15(8-10)20-9-12-4-3-5-14(17)16(12)18/h3-8,11,19H,9H2,1-2H3/t11-/m0/s1. The van der Waals surface area contributed by atoms with Crippen LogP contribution in [0.2, 0.25) is 5.02 Å². The zero-order valence-electron chi connectivity index (χ0n) is 11.4. The van der Waals surface area contributed by atoms with E-state index in [0.717, 1.165) is 5.56 Å². The molecule has 0 fully saturated rings. The minimum atomic E-state index is -0.644. The third-order valence-electron chi connectivity index (χ3n) is 3.03. The van der Waals surface area contributed by atoms with Crippen molar-refractivity contribution in [3.05, 3.63) is 63.9 Å². The first-order valence-electron chi connectivity index (χ1n) is 6.33. The Labute approximate surface area is 122 Å². The normalized spacial score (nSPS) is 12.2. The number of benzene rings is 2. The largest absolute Gasteiger partial charge is 0.488 e. The summed E-state index contributed by atoms with van der Waals surface area (Å²) in [5.41, 5.74) is 2.07. The molecule has 1 N–H and O–H groups in total. The highest BCUT2D eigenvalue weighted by Gasteiger charge is 2.11. The lowest BCUT2D eigenvalue weighted by molar-refractivity contribution is 0.190. The number of aliphatic hydroxyl groups is 1. The number of hydrogen-bond acceptors (Lipinski definition) is 2. The summed E-state index contributed by atoms with van der Waals surface area (Å²) < 4.78 is 19.4. The van der Waals surface area contributed by atoms with Crippen molar-refractivity contribution < 1.29 is 14.2 Å². The average Bonchev–Trinajstić information content (AvgIpc) is 2.40. The number of ether oxygens (including phenoxy) is 1. The summed E-state index contributed by atoms with van der Waals surface area (Å²) in [6, 6.07) is 10.3. The molecule has 0 saturated heterocycles. The summed E-state index contributed by atoms with van der Waals surface area (Å²) >= 11 is 5.73. The van der Waals surface area contributed by atoms with Gasteiger partial charge in [0.05, 0.1) is 11.1 Å². The quantitative estimate of drug-likeness (QED) is 0.904. The fourth-order valence-corrected chi connectivity index (χ4v) is 2.12. The Morgan fingerprint density at radius 3 is 2.75 bits per heavy atom. The van der Waals surface area contributed by atoms with Gasteiger partial charge in [-0.25, -0.2) is 4.39 Å². The maximum Gasteiger partial charge on any atom is 0.148 e. The van der Waals surface area contributed by atoms with Gasteiger partial charge in [0.1, 0.15) is 18.2 Å². The van der Waals surface area contributed by atoms with Crippen molar-refractivity contribution in [3.63, 3.8) is 0 Å².